The number of aliphatic hydroxyl groups is 1. The van der Waals surface area contributed by atoms with Crippen molar-refractivity contribution in [2.24, 2.45) is 0 Å². The Morgan fingerprint density at radius 2 is 2.22 bits per heavy atom. The lowest BCUT2D eigenvalue weighted by Crippen LogP contribution is -2.20. The van der Waals surface area contributed by atoms with Crippen LogP contribution in [-0.4, -0.2) is 38.1 Å². The normalized spacial score (nSPS) is 12.4. The van der Waals surface area contributed by atoms with Gasteiger partial charge in [-0.05, 0) is 19.1 Å². The molecule has 0 saturated heterocycles. The van der Waals surface area contributed by atoms with Crippen LogP contribution in [0.4, 0.5) is 0 Å². The third-order valence-corrected chi connectivity index (χ3v) is 2.69. The number of halogens is 1. The molecule has 0 radical (unpaired) electrons. The fourth-order valence-electron chi connectivity index (χ4n) is 1.44. The molecule has 0 aromatic heterocycles. The van der Waals surface area contributed by atoms with E-state index in [1.807, 2.05) is 18.2 Å². The van der Waals surface area contributed by atoms with Crippen molar-refractivity contribution in [2.75, 3.05) is 26.9 Å². The number of hydrogen-bond donors (Lipinski definition) is 2. The van der Waals surface area contributed by atoms with Crippen molar-refractivity contribution < 1.29 is 14.6 Å². The van der Waals surface area contributed by atoms with Crippen molar-refractivity contribution in [3.05, 3.63) is 28.8 Å². The number of rotatable bonds is 8. The first-order chi connectivity index (χ1) is 8.65. The van der Waals surface area contributed by atoms with Crippen molar-refractivity contribution in [3.8, 4) is 5.75 Å². The number of nitrogens with one attached hydrogen (secondary N) is 1. The monoisotopic (exact) mass is 273 g/mol. The molecule has 4 nitrogen and oxygen atoms in total. The molecule has 102 valence electrons. The maximum atomic E-state index is 9.23. The molecule has 0 fully saturated rings. The summed E-state index contributed by atoms with van der Waals surface area (Å²) >= 11 is 6.14. The second-order valence-electron chi connectivity index (χ2n) is 4.05. The lowest BCUT2D eigenvalue weighted by Gasteiger charge is -2.14. The molecule has 18 heavy (non-hydrogen) atoms. The second-order valence-corrected chi connectivity index (χ2v) is 4.45. The van der Waals surface area contributed by atoms with Gasteiger partial charge in [0.2, 0.25) is 0 Å². The molecule has 0 spiro atoms. The molecule has 1 aromatic carbocycles. The van der Waals surface area contributed by atoms with Gasteiger partial charge >= 0.3 is 0 Å². The van der Waals surface area contributed by atoms with Gasteiger partial charge in [-0.2, -0.15) is 0 Å². The van der Waals surface area contributed by atoms with Crippen LogP contribution in [0.1, 0.15) is 12.5 Å². The summed E-state index contributed by atoms with van der Waals surface area (Å²) in [5.41, 5.74) is 0.899. The molecular formula is C13H20ClNO3. The van der Waals surface area contributed by atoms with E-state index in [9.17, 15) is 5.11 Å². The summed E-state index contributed by atoms with van der Waals surface area (Å²) in [6, 6.07) is 5.50. The lowest BCUT2D eigenvalue weighted by molar-refractivity contribution is 0.122. The maximum absolute atomic E-state index is 9.23. The largest absolute Gasteiger partial charge is 0.491 e. The summed E-state index contributed by atoms with van der Waals surface area (Å²) in [6.07, 6.45) is -0.502. The molecule has 1 atom stereocenters. The van der Waals surface area contributed by atoms with Crippen LogP contribution in [0.3, 0.4) is 0 Å². The van der Waals surface area contributed by atoms with Gasteiger partial charge in [-0.3, -0.25) is 0 Å². The third kappa shape index (κ3) is 5.23. The Balaban J connectivity index is 2.62. The number of ether oxygens (including phenoxy) is 2. The maximum Gasteiger partial charge on any atom is 0.125 e. The van der Waals surface area contributed by atoms with E-state index in [0.29, 0.717) is 23.9 Å². The molecule has 2 N–H and O–H groups in total. The molecule has 0 aliphatic carbocycles. The minimum absolute atomic E-state index is 0.255. The smallest absolute Gasteiger partial charge is 0.125 e. The van der Waals surface area contributed by atoms with Gasteiger partial charge in [-0.25, -0.2) is 0 Å². The van der Waals surface area contributed by atoms with Crippen molar-refractivity contribution in [1.82, 2.24) is 5.32 Å². The third-order valence-electron chi connectivity index (χ3n) is 2.34. The molecule has 0 amide bonds. The van der Waals surface area contributed by atoms with Gasteiger partial charge in [0.1, 0.15) is 12.4 Å². The molecule has 5 heteroatoms. The molecule has 0 bridgehead atoms. The van der Waals surface area contributed by atoms with Crippen molar-refractivity contribution in [2.45, 2.75) is 19.6 Å². The fraction of sp³-hybridized carbons (Fsp3) is 0.538. The van der Waals surface area contributed by atoms with Gasteiger partial charge in [0.15, 0.2) is 0 Å². The average molecular weight is 274 g/mol. The van der Waals surface area contributed by atoms with E-state index in [0.717, 1.165) is 12.1 Å². The lowest BCUT2D eigenvalue weighted by atomic mass is 10.2. The van der Waals surface area contributed by atoms with E-state index in [2.05, 4.69) is 5.32 Å². The fourth-order valence-corrected chi connectivity index (χ4v) is 1.68. The van der Waals surface area contributed by atoms with Crippen LogP contribution in [0, 0.1) is 0 Å². The minimum atomic E-state index is -0.502. The molecule has 0 aliphatic rings. The van der Waals surface area contributed by atoms with E-state index in [4.69, 9.17) is 21.1 Å². The molecule has 1 rings (SSSR count). The predicted molar refractivity (Wildman–Crippen MR) is 72.2 cm³/mol. The van der Waals surface area contributed by atoms with Gasteiger partial charge in [0.25, 0.3) is 0 Å². The summed E-state index contributed by atoms with van der Waals surface area (Å²) in [4.78, 5) is 0. The molecule has 1 unspecified atom stereocenters. The number of benzene rings is 1. The van der Waals surface area contributed by atoms with Crippen LogP contribution in [0.2, 0.25) is 5.02 Å². The molecule has 0 aliphatic heterocycles. The minimum Gasteiger partial charge on any atom is -0.491 e. The quantitative estimate of drug-likeness (QED) is 0.710. The van der Waals surface area contributed by atoms with Crippen LogP contribution in [-0.2, 0) is 11.3 Å². The zero-order valence-electron chi connectivity index (χ0n) is 10.8. The van der Waals surface area contributed by atoms with E-state index in [1.54, 1.807) is 14.0 Å². The Kier molecular flexibility index (Phi) is 7.05. The van der Waals surface area contributed by atoms with Gasteiger partial charge in [-0.15, -0.1) is 0 Å². The van der Waals surface area contributed by atoms with Crippen LogP contribution in [0.15, 0.2) is 18.2 Å². The molecule has 0 heterocycles. The Hall–Kier alpha value is -0.810. The summed E-state index contributed by atoms with van der Waals surface area (Å²) in [5, 5.41) is 13.1. The summed E-state index contributed by atoms with van der Waals surface area (Å²) in [7, 11) is 1.66. The summed E-state index contributed by atoms with van der Waals surface area (Å²) < 4.78 is 10.5. The highest BCUT2D eigenvalue weighted by Crippen LogP contribution is 2.26. The van der Waals surface area contributed by atoms with Gasteiger partial charge in [0, 0.05) is 30.8 Å². The van der Waals surface area contributed by atoms with Gasteiger partial charge < -0.3 is 19.9 Å². The van der Waals surface area contributed by atoms with Crippen molar-refractivity contribution in [1.29, 1.82) is 0 Å². The highest BCUT2D eigenvalue weighted by molar-refractivity contribution is 6.31. The zero-order valence-corrected chi connectivity index (χ0v) is 11.5. The van der Waals surface area contributed by atoms with E-state index >= 15 is 0 Å². The van der Waals surface area contributed by atoms with Crippen LogP contribution >= 0.6 is 11.6 Å². The first-order valence-corrected chi connectivity index (χ1v) is 6.31. The van der Waals surface area contributed by atoms with Crippen LogP contribution in [0.25, 0.3) is 0 Å². The predicted octanol–water partition coefficient (Wildman–Crippen LogP) is 1.84. The average Bonchev–Trinajstić information content (AvgIpc) is 2.34. The number of hydrogen-bond acceptors (Lipinski definition) is 4. The van der Waals surface area contributed by atoms with E-state index in [1.165, 1.54) is 0 Å². The van der Waals surface area contributed by atoms with Crippen LogP contribution in [0.5, 0.6) is 5.75 Å². The van der Waals surface area contributed by atoms with E-state index < -0.39 is 6.10 Å². The standard InChI is InChI=1S/C13H20ClNO3/c1-10(16)9-18-13-5-3-4-12(14)11(13)8-15-6-7-17-2/h3-5,10,15-16H,6-9H2,1-2H3. The van der Waals surface area contributed by atoms with Crippen LogP contribution < -0.4 is 10.1 Å². The highest BCUT2D eigenvalue weighted by Gasteiger charge is 2.08. The first-order valence-electron chi connectivity index (χ1n) is 5.93. The van der Waals surface area contributed by atoms with Crippen molar-refractivity contribution in [3.63, 3.8) is 0 Å². The first kappa shape index (κ1) is 15.2. The van der Waals surface area contributed by atoms with Gasteiger partial charge in [0.05, 0.1) is 12.7 Å². The topological polar surface area (TPSA) is 50.7 Å². The second kappa shape index (κ2) is 8.32. The summed E-state index contributed by atoms with van der Waals surface area (Å²) in [5.74, 6) is 0.702. The molecule has 0 saturated carbocycles. The number of methoxy groups -OCH3 is 1. The van der Waals surface area contributed by atoms with Crippen molar-refractivity contribution >= 4 is 11.6 Å². The number of aliphatic hydroxyl groups excluding tert-OH is 1. The SMILES string of the molecule is COCCNCc1c(Cl)cccc1OCC(C)O. The van der Waals surface area contributed by atoms with E-state index in [-0.39, 0.29) is 6.61 Å². The Bertz CT molecular complexity index is 358. The Morgan fingerprint density at radius 1 is 1.44 bits per heavy atom. The Labute approximate surface area is 113 Å². The molecular weight excluding hydrogens is 254 g/mol. The summed E-state index contributed by atoms with van der Waals surface area (Å²) in [6.45, 7) is 3.94. The zero-order chi connectivity index (χ0) is 13.4. The van der Waals surface area contributed by atoms with Gasteiger partial charge in [-0.1, -0.05) is 17.7 Å². The molecule has 1 aromatic rings. The Morgan fingerprint density at radius 3 is 2.89 bits per heavy atom. The highest BCUT2D eigenvalue weighted by atomic mass is 35.5.